The van der Waals surface area contributed by atoms with Gasteiger partial charge in [0.15, 0.2) is 5.90 Å². The second kappa shape index (κ2) is 3.74. The Hall–Kier alpha value is -0.530. The number of nitrogens with zero attached hydrogens (tertiary/aromatic N) is 1. The van der Waals surface area contributed by atoms with Gasteiger partial charge in [0, 0.05) is 13.0 Å². The van der Waals surface area contributed by atoms with Gasteiger partial charge >= 0.3 is 0 Å². The van der Waals surface area contributed by atoms with Gasteiger partial charge in [-0.2, -0.15) is 0 Å². The molecule has 0 atom stereocenters. The Labute approximate surface area is 69.7 Å². The number of ether oxygens (including phenoxy) is 1. The zero-order valence-corrected chi connectivity index (χ0v) is 8.43. The van der Waals surface area contributed by atoms with Crippen LogP contribution in [0.4, 0.5) is 0 Å². The third-order valence-electron chi connectivity index (χ3n) is 0.894. The molecule has 0 aromatic heterocycles. The predicted octanol–water partition coefficient (Wildman–Crippen LogP) is 2.63. The molecule has 0 aromatic carbocycles. The second-order valence-electron chi connectivity index (χ2n) is 3.96. The summed E-state index contributed by atoms with van der Waals surface area (Å²) in [5.74, 6) is 0.771. The smallest absolute Gasteiger partial charge is 0.180 e. The zero-order chi connectivity index (χ0) is 9.07. The Morgan fingerprint density at radius 3 is 2.00 bits per heavy atom. The molecule has 0 aromatic rings. The molecule has 11 heavy (non-hydrogen) atoms. The van der Waals surface area contributed by atoms with E-state index in [0.717, 1.165) is 5.90 Å². The zero-order valence-electron chi connectivity index (χ0n) is 8.43. The molecular formula is C9H19NO. The number of rotatable bonds is 1. The Bertz CT molecular complexity index is 142. The fourth-order valence-corrected chi connectivity index (χ4v) is 0.833. The summed E-state index contributed by atoms with van der Waals surface area (Å²) in [7, 11) is 0. The van der Waals surface area contributed by atoms with Crippen molar-refractivity contribution in [3.63, 3.8) is 0 Å². The van der Waals surface area contributed by atoms with Gasteiger partial charge in [-0.1, -0.05) is 0 Å². The lowest BCUT2D eigenvalue weighted by Crippen LogP contribution is -2.22. The molecule has 0 heterocycles. The minimum absolute atomic E-state index is 0.123. The summed E-state index contributed by atoms with van der Waals surface area (Å²) in [5, 5.41) is 0. The monoisotopic (exact) mass is 157 g/mol. The van der Waals surface area contributed by atoms with E-state index in [0.29, 0.717) is 6.04 Å². The average molecular weight is 157 g/mol. The van der Waals surface area contributed by atoms with Gasteiger partial charge in [0.2, 0.25) is 0 Å². The van der Waals surface area contributed by atoms with Gasteiger partial charge in [0.25, 0.3) is 0 Å². The molecular weight excluding hydrogens is 138 g/mol. The largest absolute Gasteiger partial charge is 0.476 e. The molecule has 0 aliphatic rings. The maximum absolute atomic E-state index is 5.50. The van der Waals surface area contributed by atoms with Crippen LogP contribution in [0.1, 0.15) is 41.5 Å². The van der Waals surface area contributed by atoms with E-state index in [1.54, 1.807) is 0 Å². The van der Waals surface area contributed by atoms with Crippen LogP contribution in [0.15, 0.2) is 4.99 Å². The molecule has 0 fully saturated rings. The lowest BCUT2D eigenvalue weighted by Gasteiger charge is -2.20. The molecule has 0 bridgehead atoms. The number of aliphatic imine (C=N–C) groups is 1. The molecule has 0 spiro atoms. The van der Waals surface area contributed by atoms with Crippen LogP contribution >= 0.6 is 0 Å². The highest BCUT2D eigenvalue weighted by atomic mass is 16.5. The van der Waals surface area contributed by atoms with Gasteiger partial charge in [0.1, 0.15) is 5.60 Å². The summed E-state index contributed by atoms with van der Waals surface area (Å²) in [6, 6.07) is 0.317. The van der Waals surface area contributed by atoms with Gasteiger partial charge in [-0.25, -0.2) is 0 Å². The maximum atomic E-state index is 5.50. The van der Waals surface area contributed by atoms with Crippen LogP contribution < -0.4 is 0 Å². The third kappa shape index (κ3) is 7.37. The highest BCUT2D eigenvalue weighted by Gasteiger charge is 2.11. The molecule has 0 aliphatic heterocycles. The van der Waals surface area contributed by atoms with E-state index >= 15 is 0 Å². The Balaban J connectivity index is 3.97. The van der Waals surface area contributed by atoms with E-state index < -0.39 is 0 Å². The van der Waals surface area contributed by atoms with Crippen molar-refractivity contribution >= 4 is 5.90 Å². The van der Waals surface area contributed by atoms with Gasteiger partial charge in [0.05, 0.1) is 0 Å². The van der Waals surface area contributed by atoms with Gasteiger partial charge < -0.3 is 4.74 Å². The van der Waals surface area contributed by atoms with Crippen molar-refractivity contribution in [3.05, 3.63) is 0 Å². The molecule has 0 rings (SSSR count). The van der Waals surface area contributed by atoms with Crippen LogP contribution in [0.2, 0.25) is 0 Å². The lowest BCUT2D eigenvalue weighted by atomic mass is 10.2. The number of hydrogen-bond acceptors (Lipinski definition) is 2. The van der Waals surface area contributed by atoms with Gasteiger partial charge in [-0.05, 0) is 34.6 Å². The highest BCUT2D eigenvalue weighted by Crippen LogP contribution is 2.07. The van der Waals surface area contributed by atoms with E-state index in [4.69, 9.17) is 4.74 Å². The first-order valence-electron chi connectivity index (χ1n) is 4.04. The molecule has 0 aliphatic carbocycles. The van der Waals surface area contributed by atoms with Crippen molar-refractivity contribution in [2.45, 2.75) is 53.2 Å². The Morgan fingerprint density at radius 1 is 1.27 bits per heavy atom. The van der Waals surface area contributed by atoms with Crippen molar-refractivity contribution in [2.24, 2.45) is 4.99 Å². The molecule has 2 nitrogen and oxygen atoms in total. The molecule has 0 saturated carbocycles. The summed E-state index contributed by atoms with van der Waals surface area (Å²) < 4.78 is 5.50. The first kappa shape index (κ1) is 10.5. The van der Waals surface area contributed by atoms with Crippen LogP contribution in [0, 0.1) is 0 Å². The molecule has 0 amide bonds. The molecule has 0 unspecified atom stereocenters. The summed E-state index contributed by atoms with van der Waals surface area (Å²) in [6.45, 7) is 12.0. The average Bonchev–Trinajstić information content (AvgIpc) is 1.53. The minimum atomic E-state index is -0.123. The second-order valence-corrected chi connectivity index (χ2v) is 3.96. The lowest BCUT2D eigenvalue weighted by molar-refractivity contribution is 0.114. The molecule has 66 valence electrons. The minimum Gasteiger partial charge on any atom is -0.476 e. The normalized spacial score (nSPS) is 13.9. The van der Waals surface area contributed by atoms with Crippen LogP contribution in [0.3, 0.4) is 0 Å². The van der Waals surface area contributed by atoms with Crippen molar-refractivity contribution in [3.8, 4) is 0 Å². The van der Waals surface area contributed by atoms with Gasteiger partial charge in [-0.15, -0.1) is 0 Å². The molecule has 0 radical (unpaired) electrons. The van der Waals surface area contributed by atoms with Crippen LogP contribution in [-0.4, -0.2) is 17.5 Å². The fourth-order valence-electron chi connectivity index (χ4n) is 0.833. The summed E-state index contributed by atoms with van der Waals surface area (Å²) in [5.41, 5.74) is -0.123. The maximum Gasteiger partial charge on any atom is 0.180 e. The fraction of sp³-hybridized carbons (Fsp3) is 0.889. The topological polar surface area (TPSA) is 21.6 Å². The van der Waals surface area contributed by atoms with Crippen molar-refractivity contribution in [2.75, 3.05) is 0 Å². The van der Waals surface area contributed by atoms with E-state index in [1.165, 1.54) is 0 Å². The highest BCUT2D eigenvalue weighted by molar-refractivity contribution is 5.73. The molecule has 0 N–H and O–H groups in total. The summed E-state index contributed by atoms with van der Waals surface area (Å²) >= 11 is 0. The van der Waals surface area contributed by atoms with Crippen LogP contribution in [-0.2, 0) is 4.74 Å². The van der Waals surface area contributed by atoms with Crippen LogP contribution in [0.5, 0.6) is 0 Å². The summed E-state index contributed by atoms with van der Waals surface area (Å²) in [6.07, 6.45) is 0. The van der Waals surface area contributed by atoms with Crippen molar-refractivity contribution in [1.29, 1.82) is 0 Å². The van der Waals surface area contributed by atoms with Crippen molar-refractivity contribution < 1.29 is 4.74 Å². The van der Waals surface area contributed by atoms with E-state index in [9.17, 15) is 0 Å². The Morgan fingerprint density at radius 2 is 1.73 bits per heavy atom. The summed E-state index contributed by atoms with van der Waals surface area (Å²) in [4.78, 5) is 4.26. The van der Waals surface area contributed by atoms with Gasteiger partial charge in [-0.3, -0.25) is 4.99 Å². The molecule has 0 saturated heterocycles. The quantitative estimate of drug-likeness (QED) is 0.423. The van der Waals surface area contributed by atoms with E-state index in [2.05, 4.69) is 4.99 Å². The third-order valence-corrected chi connectivity index (χ3v) is 0.894. The Kier molecular flexibility index (Phi) is 3.56. The van der Waals surface area contributed by atoms with Crippen LogP contribution in [0.25, 0.3) is 0 Å². The molecule has 2 heteroatoms. The first-order valence-corrected chi connectivity index (χ1v) is 4.04. The van der Waals surface area contributed by atoms with Crippen molar-refractivity contribution in [1.82, 2.24) is 0 Å². The van der Waals surface area contributed by atoms with E-state index in [-0.39, 0.29) is 5.60 Å². The SMILES string of the molecule is CC(=NC(C)C)OC(C)(C)C. The predicted molar refractivity (Wildman–Crippen MR) is 49.1 cm³/mol. The number of hydrogen-bond donors (Lipinski definition) is 0. The standard InChI is InChI=1S/C9H19NO/c1-7(2)10-8(3)11-9(4,5)6/h7H,1-6H3. The first-order chi connectivity index (χ1) is 4.81. The van der Waals surface area contributed by atoms with E-state index in [1.807, 2.05) is 41.5 Å².